The van der Waals surface area contributed by atoms with Gasteiger partial charge in [0.15, 0.2) is 0 Å². The minimum absolute atomic E-state index is 0.315. The number of rotatable bonds is 5. The molecule has 2 aliphatic rings. The molecule has 0 saturated heterocycles. The summed E-state index contributed by atoms with van der Waals surface area (Å²) in [5.74, 6) is 0.315. The Balaban J connectivity index is 1.43. The smallest absolute Gasteiger partial charge is 0.0563 e. The predicted molar refractivity (Wildman–Crippen MR) is 155 cm³/mol. The summed E-state index contributed by atoms with van der Waals surface area (Å²) in [5, 5.41) is 2.61. The molecule has 0 saturated carbocycles. The zero-order valence-corrected chi connectivity index (χ0v) is 20.9. The number of fused-ring (bicyclic) bond motifs is 8. The molecule has 1 nitrogen and oxygen atoms in total. The molecule has 0 amide bonds. The van der Waals surface area contributed by atoms with Crippen LogP contribution in [-0.2, 0) is 19.3 Å². The third-order valence-corrected chi connectivity index (χ3v) is 7.95. The van der Waals surface area contributed by atoms with Crippen molar-refractivity contribution in [2.75, 3.05) is 0 Å². The van der Waals surface area contributed by atoms with E-state index in [1.807, 2.05) is 0 Å². The van der Waals surface area contributed by atoms with Crippen LogP contribution in [-0.4, -0.2) is 4.98 Å². The number of nitrogens with zero attached hydrogens (tertiary/aromatic N) is 1. The van der Waals surface area contributed by atoms with Gasteiger partial charge in [-0.1, -0.05) is 115 Å². The summed E-state index contributed by atoms with van der Waals surface area (Å²) in [6.07, 6.45) is 10.7. The first-order chi connectivity index (χ1) is 18.3. The Morgan fingerprint density at radius 1 is 0.703 bits per heavy atom. The fourth-order valence-electron chi connectivity index (χ4n) is 6.14. The first kappa shape index (κ1) is 22.0. The minimum atomic E-state index is 0.315. The molecule has 2 aliphatic carbocycles. The van der Waals surface area contributed by atoms with Crippen LogP contribution in [0.2, 0.25) is 0 Å². The Morgan fingerprint density at radius 2 is 1.46 bits per heavy atom. The summed E-state index contributed by atoms with van der Waals surface area (Å²) in [5.41, 5.74) is 12.0. The van der Waals surface area contributed by atoms with E-state index < -0.39 is 0 Å². The molecule has 0 aliphatic heterocycles. The second-order valence-corrected chi connectivity index (χ2v) is 10.2. The number of hydrogen-bond donors (Lipinski definition) is 0. The predicted octanol–water partition coefficient (Wildman–Crippen LogP) is 8.72. The van der Waals surface area contributed by atoms with Gasteiger partial charge < -0.3 is 0 Å². The van der Waals surface area contributed by atoms with Crippen LogP contribution in [0.1, 0.15) is 46.0 Å². The van der Waals surface area contributed by atoms with Crippen molar-refractivity contribution in [2.45, 2.75) is 31.6 Å². The summed E-state index contributed by atoms with van der Waals surface area (Å²) in [6.45, 7) is 0. The van der Waals surface area contributed by atoms with E-state index in [2.05, 4.69) is 121 Å². The average Bonchev–Trinajstić information content (AvgIpc) is 2.97. The number of pyridine rings is 1. The van der Waals surface area contributed by atoms with E-state index in [-0.39, 0.29) is 0 Å². The lowest BCUT2D eigenvalue weighted by Crippen LogP contribution is -2.16. The Hall–Kier alpha value is -4.23. The van der Waals surface area contributed by atoms with Crippen molar-refractivity contribution >= 4 is 16.3 Å². The maximum absolute atomic E-state index is 5.54. The van der Waals surface area contributed by atoms with Gasteiger partial charge in [0.2, 0.25) is 0 Å². The van der Waals surface area contributed by atoms with Crippen molar-refractivity contribution in [3.8, 4) is 11.1 Å². The van der Waals surface area contributed by atoms with Gasteiger partial charge in [-0.3, -0.25) is 4.98 Å². The van der Waals surface area contributed by atoms with E-state index in [4.69, 9.17) is 4.98 Å². The first-order valence-corrected chi connectivity index (χ1v) is 13.3. The molecular weight excluding hydrogens is 446 g/mol. The van der Waals surface area contributed by atoms with E-state index in [1.54, 1.807) is 0 Å². The fraction of sp³-hybridized carbons (Fsp3) is 0.139. The Bertz CT molecular complexity index is 1660. The molecule has 0 N–H and O–H groups in total. The highest BCUT2D eigenvalue weighted by Gasteiger charge is 2.32. The van der Waals surface area contributed by atoms with Crippen LogP contribution in [0.5, 0.6) is 0 Å². The molecular formula is C36H29N. The Labute approximate surface area is 218 Å². The van der Waals surface area contributed by atoms with Gasteiger partial charge >= 0.3 is 0 Å². The SMILES string of the molecule is C1=CCC2C(=C1)c1ccc3ccccc3c1-c1cc(Cc3ccccc3)c(CCc3ccccc3)nc12. The van der Waals surface area contributed by atoms with Gasteiger partial charge in [0.25, 0.3) is 0 Å². The number of aromatic nitrogens is 1. The van der Waals surface area contributed by atoms with Crippen LogP contribution in [0.4, 0.5) is 0 Å². The molecule has 1 unspecified atom stereocenters. The van der Waals surface area contributed by atoms with Crippen molar-refractivity contribution in [3.05, 3.63) is 155 Å². The zero-order valence-electron chi connectivity index (χ0n) is 20.9. The van der Waals surface area contributed by atoms with Gasteiger partial charge in [-0.15, -0.1) is 0 Å². The molecule has 5 aromatic rings. The molecule has 0 spiro atoms. The maximum Gasteiger partial charge on any atom is 0.0563 e. The molecule has 0 bridgehead atoms. The van der Waals surface area contributed by atoms with E-state index in [0.717, 1.165) is 25.7 Å². The number of hydrogen-bond acceptors (Lipinski definition) is 1. The summed E-state index contributed by atoms with van der Waals surface area (Å²) >= 11 is 0. The van der Waals surface area contributed by atoms with Crippen molar-refractivity contribution in [1.29, 1.82) is 0 Å². The molecule has 37 heavy (non-hydrogen) atoms. The molecule has 0 fully saturated rings. The number of aryl methyl sites for hydroxylation is 2. The molecule has 4 aromatic carbocycles. The van der Waals surface area contributed by atoms with Gasteiger partial charge in [-0.25, -0.2) is 0 Å². The highest BCUT2D eigenvalue weighted by Crippen LogP contribution is 2.51. The van der Waals surface area contributed by atoms with Crippen molar-refractivity contribution < 1.29 is 0 Å². The normalized spacial score (nSPS) is 15.6. The van der Waals surface area contributed by atoms with E-state index in [0.29, 0.717) is 5.92 Å². The summed E-state index contributed by atoms with van der Waals surface area (Å²) in [7, 11) is 0. The number of allylic oxidation sites excluding steroid dienone is 4. The lowest BCUT2D eigenvalue weighted by molar-refractivity contribution is 0.794. The second-order valence-electron chi connectivity index (χ2n) is 10.2. The van der Waals surface area contributed by atoms with Gasteiger partial charge in [-0.05, 0) is 75.9 Å². The maximum atomic E-state index is 5.54. The third-order valence-electron chi connectivity index (χ3n) is 7.95. The van der Waals surface area contributed by atoms with Crippen LogP contribution < -0.4 is 0 Å². The second kappa shape index (κ2) is 9.33. The van der Waals surface area contributed by atoms with E-state index >= 15 is 0 Å². The van der Waals surface area contributed by atoms with Crippen molar-refractivity contribution in [3.63, 3.8) is 0 Å². The van der Waals surface area contributed by atoms with Crippen LogP contribution in [0, 0.1) is 0 Å². The zero-order chi connectivity index (χ0) is 24.6. The molecule has 1 aromatic heterocycles. The van der Waals surface area contributed by atoms with Crippen LogP contribution in [0.3, 0.4) is 0 Å². The topological polar surface area (TPSA) is 12.9 Å². The van der Waals surface area contributed by atoms with Gasteiger partial charge in [-0.2, -0.15) is 0 Å². The molecule has 1 heterocycles. The quantitative estimate of drug-likeness (QED) is 0.248. The van der Waals surface area contributed by atoms with Crippen LogP contribution >= 0.6 is 0 Å². The standard InChI is InChI=1S/C36H29N/c1-3-11-25(12-4-1)19-22-34-28(23-26-13-5-2-6-14-26)24-33-35-29-16-8-7-15-27(29)20-21-31(35)30-17-9-10-18-32(30)36(33)37-34/h1-17,20-21,24,32H,18-19,22-23H2. The summed E-state index contributed by atoms with van der Waals surface area (Å²) < 4.78 is 0. The highest BCUT2D eigenvalue weighted by atomic mass is 14.7. The first-order valence-electron chi connectivity index (χ1n) is 13.3. The van der Waals surface area contributed by atoms with Crippen LogP contribution in [0.15, 0.2) is 121 Å². The molecule has 0 radical (unpaired) electrons. The van der Waals surface area contributed by atoms with Gasteiger partial charge in [0, 0.05) is 17.2 Å². The summed E-state index contributed by atoms with van der Waals surface area (Å²) in [6, 6.07) is 37.5. The minimum Gasteiger partial charge on any atom is -0.256 e. The molecule has 178 valence electrons. The van der Waals surface area contributed by atoms with Crippen molar-refractivity contribution in [2.24, 2.45) is 0 Å². The lowest BCUT2D eigenvalue weighted by Gasteiger charge is -2.32. The summed E-state index contributed by atoms with van der Waals surface area (Å²) in [4.78, 5) is 5.54. The van der Waals surface area contributed by atoms with Gasteiger partial charge in [0.1, 0.15) is 0 Å². The number of benzene rings is 4. The lowest BCUT2D eigenvalue weighted by atomic mass is 9.73. The molecule has 7 rings (SSSR count). The fourth-order valence-corrected chi connectivity index (χ4v) is 6.14. The monoisotopic (exact) mass is 475 g/mol. The largest absolute Gasteiger partial charge is 0.256 e. The Morgan fingerprint density at radius 3 is 2.30 bits per heavy atom. The highest BCUT2D eigenvalue weighted by molar-refractivity contribution is 6.06. The molecule has 1 heteroatoms. The van der Waals surface area contributed by atoms with E-state index in [9.17, 15) is 0 Å². The van der Waals surface area contributed by atoms with E-state index in [1.165, 1.54) is 61.1 Å². The van der Waals surface area contributed by atoms with Crippen molar-refractivity contribution in [1.82, 2.24) is 4.98 Å². The van der Waals surface area contributed by atoms with Gasteiger partial charge in [0.05, 0.1) is 5.69 Å². The average molecular weight is 476 g/mol. The van der Waals surface area contributed by atoms with Crippen LogP contribution in [0.25, 0.3) is 27.5 Å². The third kappa shape index (κ3) is 4.01. The Kier molecular flexibility index (Phi) is 5.55. The molecule has 1 atom stereocenters.